The lowest BCUT2D eigenvalue weighted by atomic mass is 9.47. The van der Waals surface area contributed by atoms with E-state index in [-0.39, 0.29) is 11.3 Å². The normalized spacial score (nSPS) is 44.6. The molecule has 1 aromatic heterocycles. The summed E-state index contributed by atoms with van der Waals surface area (Å²) in [5, 5.41) is 15.0. The van der Waals surface area contributed by atoms with Crippen molar-refractivity contribution in [2.75, 3.05) is 0 Å². The minimum Gasteiger partial charge on any atom is -0.390 e. The van der Waals surface area contributed by atoms with Crippen LogP contribution >= 0.6 is 0 Å². The summed E-state index contributed by atoms with van der Waals surface area (Å²) >= 11 is 0. The average Bonchev–Trinajstić information content (AvgIpc) is 3.34. The molecule has 0 saturated heterocycles. The second kappa shape index (κ2) is 8.22. The van der Waals surface area contributed by atoms with Crippen LogP contribution < -0.4 is 0 Å². The molecule has 0 spiro atoms. The molecule has 9 atom stereocenters. The Morgan fingerprint density at radius 3 is 2.67 bits per heavy atom. The number of hydrogen-bond acceptors (Lipinski definition) is 3. The molecule has 4 aliphatic rings. The van der Waals surface area contributed by atoms with Crippen LogP contribution in [0.1, 0.15) is 79.1 Å². The van der Waals surface area contributed by atoms with Crippen LogP contribution in [0, 0.1) is 59.3 Å². The van der Waals surface area contributed by atoms with Crippen LogP contribution in [0.5, 0.6) is 0 Å². The van der Waals surface area contributed by atoms with Crippen molar-refractivity contribution in [2.45, 2.75) is 91.2 Å². The minimum atomic E-state index is -0.470. The molecule has 180 valence electrons. The molecular formula is C28H41N3O2. The third-order valence-corrected chi connectivity index (χ3v) is 10.6. The number of carbonyl (C=O) groups excluding carboxylic acids is 1. The first-order valence-corrected chi connectivity index (χ1v) is 13.3. The van der Waals surface area contributed by atoms with E-state index in [1.807, 2.05) is 6.92 Å². The molecule has 0 unspecified atom stereocenters. The van der Waals surface area contributed by atoms with Crippen LogP contribution in [-0.4, -0.2) is 26.3 Å². The molecule has 1 aromatic rings. The number of rotatable bonds is 4. The van der Waals surface area contributed by atoms with E-state index in [1.165, 1.54) is 25.7 Å². The first-order chi connectivity index (χ1) is 15.6. The van der Waals surface area contributed by atoms with Gasteiger partial charge in [-0.3, -0.25) is 9.48 Å². The number of carbonyl (C=O) groups is 1. The SMILES string of the molecule is [C-]#[N+]c1cnn(CC(=O)[C@H]2C[C@@H](C(C)C)[C@H]3[C@@H]4CC[C@@H]5C[C@](C)(O)CC[C@@H]5[C@H]4CC[C@@]32C)c1. The first-order valence-electron chi connectivity index (χ1n) is 13.3. The summed E-state index contributed by atoms with van der Waals surface area (Å²) in [6, 6.07) is 0. The maximum Gasteiger partial charge on any atom is 0.224 e. The lowest BCUT2D eigenvalue weighted by Gasteiger charge is -2.58. The molecule has 33 heavy (non-hydrogen) atoms. The van der Waals surface area contributed by atoms with Crippen molar-refractivity contribution in [3.63, 3.8) is 0 Å². The zero-order valence-corrected chi connectivity index (χ0v) is 20.8. The summed E-state index contributed by atoms with van der Waals surface area (Å²) in [7, 11) is 0. The third-order valence-electron chi connectivity index (χ3n) is 10.6. The van der Waals surface area contributed by atoms with E-state index in [0.717, 1.165) is 43.4 Å². The Morgan fingerprint density at radius 1 is 1.21 bits per heavy atom. The highest BCUT2D eigenvalue weighted by molar-refractivity contribution is 5.82. The molecule has 4 aliphatic carbocycles. The second-order valence-corrected chi connectivity index (χ2v) is 12.8. The Balaban J connectivity index is 1.39. The Labute approximate surface area is 199 Å². The summed E-state index contributed by atoms with van der Waals surface area (Å²) in [5.74, 6) is 5.21. The molecule has 4 fully saturated rings. The second-order valence-electron chi connectivity index (χ2n) is 12.8. The van der Waals surface area contributed by atoms with Gasteiger partial charge in [-0.2, -0.15) is 5.10 Å². The minimum absolute atomic E-state index is 0.0793. The molecule has 0 bridgehead atoms. The molecule has 4 saturated carbocycles. The fraction of sp³-hybridized carbons (Fsp3) is 0.821. The van der Waals surface area contributed by atoms with Crippen molar-refractivity contribution in [1.29, 1.82) is 0 Å². The van der Waals surface area contributed by atoms with Crippen LogP contribution in [0.4, 0.5) is 5.69 Å². The monoisotopic (exact) mass is 451 g/mol. The highest BCUT2D eigenvalue weighted by Gasteiger charge is 2.62. The van der Waals surface area contributed by atoms with Crippen molar-refractivity contribution in [1.82, 2.24) is 9.78 Å². The average molecular weight is 452 g/mol. The molecule has 1 heterocycles. The van der Waals surface area contributed by atoms with Gasteiger partial charge in [0, 0.05) is 12.1 Å². The van der Waals surface area contributed by atoms with E-state index in [1.54, 1.807) is 17.1 Å². The maximum absolute atomic E-state index is 13.6. The van der Waals surface area contributed by atoms with Crippen molar-refractivity contribution in [3.05, 3.63) is 23.8 Å². The smallest absolute Gasteiger partial charge is 0.224 e. The topological polar surface area (TPSA) is 59.5 Å². The van der Waals surface area contributed by atoms with Crippen LogP contribution in [0.15, 0.2) is 12.4 Å². The van der Waals surface area contributed by atoms with E-state index in [2.05, 4.69) is 30.7 Å². The van der Waals surface area contributed by atoms with Crippen LogP contribution in [0.25, 0.3) is 4.85 Å². The van der Waals surface area contributed by atoms with Gasteiger partial charge in [0.1, 0.15) is 0 Å². The van der Waals surface area contributed by atoms with Gasteiger partial charge in [0.15, 0.2) is 5.78 Å². The predicted molar refractivity (Wildman–Crippen MR) is 128 cm³/mol. The van der Waals surface area contributed by atoms with Gasteiger partial charge >= 0.3 is 0 Å². The van der Waals surface area contributed by atoms with Gasteiger partial charge in [0.25, 0.3) is 0 Å². The van der Waals surface area contributed by atoms with Crippen LogP contribution in [0.2, 0.25) is 0 Å². The Kier molecular flexibility index (Phi) is 5.75. The fourth-order valence-corrected chi connectivity index (χ4v) is 9.21. The van der Waals surface area contributed by atoms with Gasteiger partial charge in [-0.1, -0.05) is 20.8 Å². The van der Waals surface area contributed by atoms with Crippen molar-refractivity contribution in [2.24, 2.45) is 52.8 Å². The van der Waals surface area contributed by atoms with Gasteiger partial charge < -0.3 is 5.11 Å². The fourth-order valence-electron chi connectivity index (χ4n) is 9.21. The molecular weight excluding hydrogens is 410 g/mol. The van der Waals surface area contributed by atoms with Crippen LogP contribution in [-0.2, 0) is 11.3 Å². The number of nitrogens with zero attached hydrogens (tertiary/aromatic N) is 3. The zero-order valence-electron chi connectivity index (χ0n) is 20.8. The van der Waals surface area contributed by atoms with Crippen molar-refractivity contribution >= 4 is 11.5 Å². The van der Waals surface area contributed by atoms with Crippen LogP contribution in [0.3, 0.4) is 0 Å². The van der Waals surface area contributed by atoms with Crippen molar-refractivity contribution in [3.8, 4) is 0 Å². The van der Waals surface area contributed by atoms with E-state index >= 15 is 0 Å². The molecule has 5 heteroatoms. The Hall–Kier alpha value is -1.67. The molecule has 0 amide bonds. The highest BCUT2D eigenvalue weighted by Crippen LogP contribution is 2.67. The van der Waals surface area contributed by atoms with Crippen molar-refractivity contribution < 1.29 is 9.90 Å². The number of Topliss-reactive ketones (excluding diaryl/α,β-unsaturated/α-hetero) is 1. The Bertz CT molecular complexity index is 943. The summed E-state index contributed by atoms with van der Waals surface area (Å²) in [6.07, 6.45) is 12.3. The van der Waals surface area contributed by atoms with Gasteiger partial charge in [-0.25, -0.2) is 4.85 Å². The van der Waals surface area contributed by atoms with E-state index < -0.39 is 5.60 Å². The summed E-state index contributed by atoms with van der Waals surface area (Å²) in [5.41, 5.74) is 0.111. The quantitative estimate of drug-likeness (QED) is 0.579. The number of ketones is 1. The molecule has 5 nitrogen and oxygen atoms in total. The van der Waals surface area contributed by atoms with Gasteiger partial charge in [-0.15, -0.1) is 0 Å². The summed E-state index contributed by atoms with van der Waals surface area (Å²) in [6.45, 7) is 16.7. The number of hydrogen-bond donors (Lipinski definition) is 1. The van der Waals surface area contributed by atoms with E-state index in [0.29, 0.717) is 41.7 Å². The van der Waals surface area contributed by atoms with E-state index in [9.17, 15) is 9.90 Å². The van der Waals surface area contributed by atoms with E-state index in [4.69, 9.17) is 6.57 Å². The number of fused-ring (bicyclic) bond motifs is 5. The number of aliphatic hydroxyl groups is 1. The summed E-state index contributed by atoms with van der Waals surface area (Å²) in [4.78, 5) is 17.1. The lowest BCUT2D eigenvalue weighted by Crippen LogP contribution is -2.52. The highest BCUT2D eigenvalue weighted by atomic mass is 16.3. The zero-order chi connectivity index (χ0) is 23.5. The molecule has 0 radical (unpaired) electrons. The molecule has 5 rings (SSSR count). The maximum atomic E-state index is 13.6. The standard InChI is InChI=1S/C28H41N3O2/c1-17(2)23-12-24(25(32)16-31-15-19(29-5)14-30-31)28(4)11-9-21-20-8-10-27(3,33)13-18(20)6-7-22(21)26(23)28/h14-15,17-18,20-24,26,33H,6-13,16H2,1-4H3/t18-,20+,21-,22-,23+,24-,26-,27-,28-/m1/s1. The largest absolute Gasteiger partial charge is 0.390 e. The third kappa shape index (κ3) is 3.87. The Morgan fingerprint density at radius 2 is 1.97 bits per heavy atom. The summed E-state index contributed by atoms with van der Waals surface area (Å²) < 4.78 is 1.67. The lowest BCUT2D eigenvalue weighted by molar-refractivity contribution is -0.134. The molecule has 1 N–H and O–H groups in total. The van der Waals surface area contributed by atoms with Gasteiger partial charge in [-0.05, 0) is 105 Å². The molecule has 0 aromatic carbocycles. The predicted octanol–water partition coefficient (Wildman–Crippen LogP) is 5.90. The first kappa shape index (κ1) is 23.1. The molecule has 0 aliphatic heterocycles. The van der Waals surface area contributed by atoms with Gasteiger partial charge in [0.05, 0.1) is 24.9 Å². The number of aromatic nitrogens is 2. The van der Waals surface area contributed by atoms with Gasteiger partial charge in [0.2, 0.25) is 5.69 Å².